The van der Waals surface area contributed by atoms with Gasteiger partial charge in [-0.1, -0.05) is 13.8 Å². The minimum atomic E-state index is -3.54. The molecule has 144 valence electrons. The lowest BCUT2D eigenvalue weighted by Gasteiger charge is -2.20. The third kappa shape index (κ3) is 3.40. The first-order chi connectivity index (χ1) is 12.8. The molecular formula is C18H22N4O4S. The van der Waals surface area contributed by atoms with Gasteiger partial charge < -0.3 is 4.90 Å². The molecule has 0 spiro atoms. The van der Waals surface area contributed by atoms with Crippen molar-refractivity contribution in [2.75, 3.05) is 24.5 Å². The minimum absolute atomic E-state index is 0.171. The Labute approximate surface area is 158 Å². The van der Waals surface area contributed by atoms with Gasteiger partial charge in [-0.3, -0.25) is 9.59 Å². The van der Waals surface area contributed by atoms with Crippen molar-refractivity contribution < 1.29 is 13.2 Å². The van der Waals surface area contributed by atoms with Crippen LogP contribution in [-0.2, 0) is 23.5 Å². The molecule has 1 aliphatic rings. The monoisotopic (exact) mass is 390 g/mol. The van der Waals surface area contributed by atoms with Crippen molar-refractivity contribution in [3.05, 3.63) is 51.9 Å². The molecule has 1 aliphatic heterocycles. The fraction of sp³-hybridized carbons (Fsp3) is 0.389. The van der Waals surface area contributed by atoms with Crippen LogP contribution in [0.25, 0.3) is 0 Å². The first kappa shape index (κ1) is 19.2. The first-order valence-corrected chi connectivity index (χ1v) is 10.2. The van der Waals surface area contributed by atoms with Crippen LogP contribution in [0.15, 0.2) is 40.0 Å². The third-order valence-corrected chi connectivity index (χ3v) is 6.76. The summed E-state index contributed by atoms with van der Waals surface area (Å²) in [4.78, 5) is 26.0. The molecule has 0 unspecified atom stereocenters. The molecule has 2 aromatic rings. The van der Waals surface area contributed by atoms with Gasteiger partial charge in [0.25, 0.3) is 11.5 Å². The maximum absolute atomic E-state index is 12.8. The maximum Gasteiger partial charge on any atom is 0.278 e. The fourth-order valence-electron chi connectivity index (χ4n) is 3.22. The molecule has 0 saturated heterocycles. The van der Waals surface area contributed by atoms with Crippen molar-refractivity contribution in [2.24, 2.45) is 7.05 Å². The van der Waals surface area contributed by atoms with Gasteiger partial charge in [0.05, 0.1) is 4.90 Å². The van der Waals surface area contributed by atoms with Crippen LogP contribution in [0.4, 0.5) is 5.69 Å². The Hall–Kier alpha value is -2.52. The largest absolute Gasteiger partial charge is 0.306 e. The number of nitrogens with zero attached hydrogens (tertiary/aromatic N) is 4. The molecule has 8 nitrogen and oxygen atoms in total. The topological polar surface area (TPSA) is 92.6 Å². The van der Waals surface area contributed by atoms with E-state index in [1.54, 1.807) is 30.9 Å². The number of fused-ring (bicyclic) bond motifs is 1. The SMILES string of the molecule is CCN(CC)S(=O)(=O)c1ccc2c(c1)CCN2C(=O)c1ccc(=O)n(C)n1. The van der Waals surface area contributed by atoms with E-state index in [9.17, 15) is 18.0 Å². The number of carbonyl (C=O) groups is 1. The summed E-state index contributed by atoms with van der Waals surface area (Å²) in [6.45, 7) is 4.84. The summed E-state index contributed by atoms with van der Waals surface area (Å²) < 4.78 is 27.9. The molecule has 1 amide bonds. The van der Waals surface area contributed by atoms with Crippen molar-refractivity contribution >= 4 is 21.6 Å². The van der Waals surface area contributed by atoms with Gasteiger partial charge in [-0.15, -0.1) is 0 Å². The van der Waals surface area contributed by atoms with E-state index in [4.69, 9.17) is 0 Å². The molecule has 0 fully saturated rings. The van der Waals surface area contributed by atoms with Crippen LogP contribution in [0.5, 0.6) is 0 Å². The summed E-state index contributed by atoms with van der Waals surface area (Å²) in [6, 6.07) is 7.55. The highest BCUT2D eigenvalue weighted by Crippen LogP contribution is 2.31. The van der Waals surface area contributed by atoms with Gasteiger partial charge in [0, 0.05) is 38.4 Å². The molecule has 0 bridgehead atoms. The number of anilines is 1. The van der Waals surface area contributed by atoms with E-state index in [0.29, 0.717) is 31.7 Å². The predicted molar refractivity (Wildman–Crippen MR) is 101 cm³/mol. The van der Waals surface area contributed by atoms with Gasteiger partial charge >= 0.3 is 0 Å². The minimum Gasteiger partial charge on any atom is -0.306 e. The van der Waals surface area contributed by atoms with Crippen molar-refractivity contribution in [3.63, 3.8) is 0 Å². The van der Waals surface area contributed by atoms with Crippen molar-refractivity contribution in [1.82, 2.24) is 14.1 Å². The molecule has 3 rings (SSSR count). The van der Waals surface area contributed by atoms with Gasteiger partial charge in [0.2, 0.25) is 10.0 Å². The van der Waals surface area contributed by atoms with Crippen LogP contribution in [-0.4, -0.2) is 48.0 Å². The summed E-state index contributed by atoms with van der Waals surface area (Å²) >= 11 is 0. The Balaban J connectivity index is 1.93. The Morgan fingerprint density at radius 1 is 1.19 bits per heavy atom. The van der Waals surface area contributed by atoms with E-state index in [2.05, 4.69) is 5.10 Å². The van der Waals surface area contributed by atoms with Crippen molar-refractivity contribution in [3.8, 4) is 0 Å². The second kappa shape index (κ2) is 7.24. The number of benzene rings is 1. The molecule has 0 saturated carbocycles. The van der Waals surface area contributed by atoms with E-state index < -0.39 is 10.0 Å². The van der Waals surface area contributed by atoms with Gasteiger partial charge in [-0.2, -0.15) is 9.40 Å². The van der Waals surface area contributed by atoms with Crippen LogP contribution in [0.1, 0.15) is 29.9 Å². The summed E-state index contributed by atoms with van der Waals surface area (Å²) in [5.41, 5.74) is 1.36. The summed E-state index contributed by atoms with van der Waals surface area (Å²) in [5.74, 6) is -0.316. The predicted octanol–water partition coefficient (Wildman–Crippen LogP) is 1.01. The normalized spacial score (nSPS) is 13.9. The standard InChI is InChI=1S/C18H22N4O4S/c1-4-21(5-2)27(25,26)14-6-8-16-13(12-14)10-11-22(16)18(24)15-7-9-17(23)20(3)19-15/h6-9,12H,4-5,10-11H2,1-3H3. The lowest BCUT2D eigenvalue weighted by molar-refractivity contribution is 0.0982. The Bertz CT molecular complexity index is 1040. The Kier molecular flexibility index (Phi) is 5.16. The van der Waals surface area contributed by atoms with Crippen LogP contribution < -0.4 is 10.5 Å². The van der Waals surface area contributed by atoms with Crippen LogP contribution in [0, 0.1) is 0 Å². The molecule has 0 aliphatic carbocycles. The van der Waals surface area contributed by atoms with Crippen LogP contribution in [0.3, 0.4) is 0 Å². The van der Waals surface area contributed by atoms with Gasteiger partial charge in [0.1, 0.15) is 5.69 Å². The second-order valence-corrected chi connectivity index (χ2v) is 8.20. The van der Waals surface area contributed by atoms with Gasteiger partial charge in [-0.25, -0.2) is 13.1 Å². The van der Waals surface area contributed by atoms with Crippen molar-refractivity contribution in [2.45, 2.75) is 25.2 Å². The Morgan fingerprint density at radius 2 is 1.89 bits per heavy atom. The maximum atomic E-state index is 12.8. The van der Waals surface area contributed by atoms with E-state index in [1.165, 1.54) is 29.6 Å². The number of hydrogen-bond donors (Lipinski definition) is 0. The summed E-state index contributed by atoms with van der Waals surface area (Å²) in [7, 11) is -2.06. The first-order valence-electron chi connectivity index (χ1n) is 8.79. The molecule has 1 aromatic heterocycles. The zero-order valence-corrected chi connectivity index (χ0v) is 16.4. The molecule has 2 heterocycles. The van der Waals surface area contributed by atoms with E-state index >= 15 is 0 Å². The average molecular weight is 390 g/mol. The van der Waals surface area contributed by atoms with Crippen molar-refractivity contribution in [1.29, 1.82) is 0 Å². The van der Waals surface area contributed by atoms with Gasteiger partial charge in [-0.05, 0) is 36.2 Å². The highest BCUT2D eigenvalue weighted by molar-refractivity contribution is 7.89. The summed E-state index contributed by atoms with van der Waals surface area (Å²) in [5, 5.41) is 4.00. The molecule has 9 heteroatoms. The average Bonchev–Trinajstić information content (AvgIpc) is 3.07. The van der Waals surface area contributed by atoms with E-state index in [-0.39, 0.29) is 22.1 Å². The number of hydrogen-bond acceptors (Lipinski definition) is 5. The lowest BCUT2D eigenvalue weighted by Crippen LogP contribution is -2.32. The fourth-order valence-corrected chi connectivity index (χ4v) is 4.73. The molecular weight excluding hydrogens is 368 g/mol. The van der Waals surface area contributed by atoms with Gasteiger partial charge in [0.15, 0.2) is 0 Å². The quantitative estimate of drug-likeness (QED) is 0.760. The molecule has 0 atom stereocenters. The highest BCUT2D eigenvalue weighted by Gasteiger charge is 2.29. The number of aryl methyl sites for hydroxylation is 1. The Morgan fingerprint density at radius 3 is 2.52 bits per heavy atom. The number of aromatic nitrogens is 2. The van der Waals surface area contributed by atoms with E-state index in [0.717, 1.165) is 10.2 Å². The summed E-state index contributed by atoms with van der Waals surface area (Å²) in [6.07, 6.45) is 0.564. The zero-order chi connectivity index (χ0) is 19.8. The smallest absolute Gasteiger partial charge is 0.278 e. The zero-order valence-electron chi connectivity index (χ0n) is 15.5. The number of amides is 1. The van der Waals surface area contributed by atoms with Crippen LogP contribution >= 0.6 is 0 Å². The second-order valence-electron chi connectivity index (χ2n) is 6.27. The third-order valence-electron chi connectivity index (χ3n) is 4.71. The lowest BCUT2D eigenvalue weighted by atomic mass is 10.2. The van der Waals surface area contributed by atoms with Crippen LogP contribution in [0.2, 0.25) is 0 Å². The molecule has 0 N–H and O–H groups in total. The molecule has 1 aromatic carbocycles. The van der Waals surface area contributed by atoms with E-state index in [1.807, 2.05) is 0 Å². The molecule has 27 heavy (non-hydrogen) atoms. The highest BCUT2D eigenvalue weighted by atomic mass is 32.2. The number of rotatable bonds is 5. The number of carbonyl (C=O) groups excluding carboxylic acids is 1. The number of sulfonamides is 1. The molecule has 0 radical (unpaired) electrons.